The van der Waals surface area contributed by atoms with E-state index in [2.05, 4.69) is 10.3 Å². The number of amides is 1. The summed E-state index contributed by atoms with van der Waals surface area (Å²) in [5.74, 6) is -0.498. The Balaban J connectivity index is 1.66. The number of nitrogens with one attached hydrogen (secondary N) is 1. The first-order valence-electron chi connectivity index (χ1n) is 7.72. The predicted molar refractivity (Wildman–Crippen MR) is 101 cm³/mol. The van der Waals surface area contributed by atoms with Crippen molar-refractivity contribution in [2.75, 3.05) is 0 Å². The van der Waals surface area contributed by atoms with Crippen LogP contribution in [0.1, 0.15) is 5.56 Å². The zero-order valence-corrected chi connectivity index (χ0v) is 13.9. The van der Waals surface area contributed by atoms with Crippen molar-refractivity contribution >= 4 is 45.4 Å². The van der Waals surface area contributed by atoms with Crippen molar-refractivity contribution in [1.29, 1.82) is 0 Å². The Hall–Kier alpha value is -2.92. The summed E-state index contributed by atoms with van der Waals surface area (Å²) in [7, 11) is 0. The molecule has 3 nitrogen and oxygen atoms in total. The number of nitrogens with zero attached hydrogens (tertiary/aromatic N) is 1. The first-order chi connectivity index (χ1) is 12.2. The number of carbonyl (C=O) groups is 1. The fraction of sp³-hybridized carbons (Fsp3) is 0. The van der Waals surface area contributed by atoms with Gasteiger partial charge in [0.2, 0.25) is 0 Å². The summed E-state index contributed by atoms with van der Waals surface area (Å²) in [6, 6.07) is 19.9. The first kappa shape index (κ1) is 15.6. The van der Waals surface area contributed by atoms with Gasteiger partial charge in [0.25, 0.3) is 5.91 Å². The summed E-state index contributed by atoms with van der Waals surface area (Å²) >= 11 is 1.28. The molecule has 0 saturated carbocycles. The molecule has 1 aliphatic rings. The molecule has 1 fully saturated rings. The van der Waals surface area contributed by atoms with E-state index in [1.165, 1.54) is 23.9 Å². The third-order valence-electron chi connectivity index (χ3n) is 3.82. The fourth-order valence-electron chi connectivity index (χ4n) is 2.63. The molecule has 3 aromatic rings. The minimum Gasteiger partial charge on any atom is -0.300 e. The van der Waals surface area contributed by atoms with Crippen molar-refractivity contribution in [3.05, 3.63) is 83.0 Å². The van der Waals surface area contributed by atoms with Crippen LogP contribution in [0.3, 0.4) is 0 Å². The molecule has 0 atom stereocenters. The molecule has 0 aromatic heterocycles. The molecule has 0 radical (unpaired) electrons. The summed E-state index contributed by atoms with van der Waals surface area (Å²) in [6.45, 7) is 0. The maximum atomic E-state index is 13.0. The van der Waals surface area contributed by atoms with Gasteiger partial charge in [0.05, 0.1) is 10.6 Å². The van der Waals surface area contributed by atoms with E-state index in [1.54, 1.807) is 12.1 Å². The number of carbonyl (C=O) groups excluding carboxylic acids is 1. The van der Waals surface area contributed by atoms with Gasteiger partial charge in [-0.05, 0) is 58.4 Å². The molecule has 5 heteroatoms. The minimum atomic E-state index is -0.316. The highest BCUT2D eigenvalue weighted by Crippen LogP contribution is 2.30. The number of benzene rings is 3. The molecule has 1 heterocycles. The fourth-order valence-corrected chi connectivity index (χ4v) is 3.46. The van der Waals surface area contributed by atoms with Crippen LogP contribution in [0.25, 0.3) is 16.8 Å². The number of halogens is 1. The summed E-state index contributed by atoms with van der Waals surface area (Å²) in [5, 5.41) is 5.45. The van der Waals surface area contributed by atoms with Crippen LogP contribution in [0.15, 0.2) is 76.6 Å². The van der Waals surface area contributed by atoms with Gasteiger partial charge in [-0.25, -0.2) is 9.38 Å². The highest BCUT2D eigenvalue weighted by atomic mass is 32.2. The number of amidine groups is 1. The van der Waals surface area contributed by atoms with Crippen LogP contribution in [0, 0.1) is 5.82 Å². The molecule has 1 amide bonds. The lowest BCUT2D eigenvalue weighted by molar-refractivity contribution is -0.115. The Bertz CT molecular complexity index is 1020. The molecule has 25 heavy (non-hydrogen) atoms. The summed E-state index contributed by atoms with van der Waals surface area (Å²) < 4.78 is 13.0. The van der Waals surface area contributed by atoms with E-state index in [9.17, 15) is 9.18 Å². The van der Waals surface area contributed by atoms with Gasteiger partial charge in [-0.3, -0.25) is 4.79 Å². The Morgan fingerprint density at radius 3 is 2.56 bits per heavy atom. The van der Waals surface area contributed by atoms with Crippen LogP contribution in [0.2, 0.25) is 0 Å². The molecule has 0 aliphatic carbocycles. The van der Waals surface area contributed by atoms with Gasteiger partial charge in [0.15, 0.2) is 5.17 Å². The average molecular weight is 348 g/mol. The first-order valence-corrected chi connectivity index (χ1v) is 8.54. The zero-order valence-electron chi connectivity index (χ0n) is 13.1. The Kier molecular flexibility index (Phi) is 4.07. The molecule has 4 rings (SSSR count). The lowest BCUT2D eigenvalue weighted by Gasteiger charge is -2.02. The third-order valence-corrected chi connectivity index (χ3v) is 4.73. The SMILES string of the molecule is O=C1NC(=Nc2ccc(F)cc2)S/C1=C\c1cccc2ccccc12. The van der Waals surface area contributed by atoms with E-state index < -0.39 is 0 Å². The van der Waals surface area contributed by atoms with Crippen LogP contribution in [-0.2, 0) is 4.79 Å². The number of hydrogen-bond acceptors (Lipinski definition) is 3. The van der Waals surface area contributed by atoms with Crippen molar-refractivity contribution in [3.63, 3.8) is 0 Å². The minimum absolute atomic E-state index is 0.182. The van der Waals surface area contributed by atoms with Gasteiger partial charge in [0.1, 0.15) is 5.82 Å². The second kappa shape index (κ2) is 6.53. The molecule has 0 spiro atoms. The maximum Gasteiger partial charge on any atom is 0.264 e. The Morgan fingerprint density at radius 2 is 1.72 bits per heavy atom. The normalized spacial score (nSPS) is 17.4. The van der Waals surface area contributed by atoms with Crippen LogP contribution in [-0.4, -0.2) is 11.1 Å². The molecule has 0 bridgehead atoms. The van der Waals surface area contributed by atoms with E-state index in [4.69, 9.17) is 0 Å². The number of hydrogen-bond donors (Lipinski definition) is 1. The van der Waals surface area contributed by atoms with Crippen LogP contribution < -0.4 is 5.32 Å². The predicted octanol–water partition coefficient (Wildman–Crippen LogP) is 4.87. The second-order valence-electron chi connectivity index (χ2n) is 5.53. The topological polar surface area (TPSA) is 41.5 Å². The summed E-state index contributed by atoms with van der Waals surface area (Å²) in [5.41, 5.74) is 1.58. The number of thioether (sulfide) groups is 1. The second-order valence-corrected chi connectivity index (χ2v) is 6.56. The smallest absolute Gasteiger partial charge is 0.264 e. The van der Waals surface area contributed by atoms with Crippen molar-refractivity contribution in [3.8, 4) is 0 Å². The van der Waals surface area contributed by atoms with Gasteiger partial charge in [-0.15, -0.1) is 0 Å². The summed E-state index contributed by atoms with van der Waals surface area (Å²) in [4.78, 5) is 17.2. The molecular weight excluding hydrogens is 335 g/mol. The number of fused-ring (bicyclic) bond motifs is 1. The Morgan fingerprint density at radius 1 is 0.960 bits per heavy atom. The molecular formula is C20H13FN2OS. The lowest BCUT2D eigenvalue weighted by atomic mass is 10.0. The molecule has 1 saturated heterocycles. The van der Waals surface area contributed by atoms with Crippen LogP contribution in [0.4, 0.5) is 10.1 Å². The van der Waals surface area contributed by atoms with Crippen LogP contribution in [0.5, 0.6) is 0 Å². The van der Waals surface area contributed by atoms with E-state index in [0.717, 1.165) is 16.3 Å². The lowest BCUT2D eigenvalue weighted by Crippen LogP contribution is -2.19. The van der Waals surface area contributed by atoms with E-state index in [0.29, 0.717) is 15.8 Å². The molecule has 3 aromatic carbocycles. The van der Waals surface area contributed by atoms with Gasteiger partial charge in [-0.2, -0.15) is 0 Å². The van der Waals surface area contributed by atoms with Gasteiger partial charge in [0, 0.05) is 0 Å². The van der Waals surface area contributed by atoms with Gasteiger partial charge < -0.3 is 5.32 Å². The van der Waals surface area contributed by atoms with E-state index in [-0.39, 0.29) is 11.7 Å². The van der Waals surface area contributed by atoms with E-state index in [1.807, 2.05) is 48.5 Å². The zero-order chi connectivity index (χ0) is 17.2. The van der Waals surface area contributed by atoms with Crippen molar-refractivity contribution in [2.24, 2.45) is 4.99 Å². The van der Waals surface area contributed by atoms with Crippen molar-refractivity contribution in [2.45, 2.75) is 0 Å². The maximum absolute atomic E-state index is 13.0. The monoisotopic (exact) mass is 348 g/mol. The number of aliphatic imine (C=N–C) groups is 1. The third kappa shape index (κ3) is 3.32. The Labute approximate surface area is 148 Å². The van der Waals surface area contributed by atoms with Crippen molar-refractivity contribution < 1.29 is 9.18 Å². The molecule has 1 N–H and O–H groups in total. The number of rotatable bonds is 2. The van der Waals surface area contributed by atoms with Gasteiger partial charge >= 0.3 is 0 Å². The summed E-state index contributed by atoms with van der Waals surface area (Å²) in [6.07, 6.45) is 1.87. The molecule has 1 aliphatic heterocycles. The van der Waals surface area contributed by atoms with E-state index >= 15 is 0 Å². The molecule has 0 unspecified atom stereocenters. The standard InChI is InChI=1S/C20H13FN2OS/c21-15-8-10-16(11-9-15)22-20-23-19(24)18(25-20)12-14-6-3-5-13-4-1-2-7-17(13)14/h1-12H,(H,22,23,24)/b18-12-. The average Bonchev–Trinajstić information content (AvgIpc) is 2.96. The van der Waals surface area contributed by atoms with Gasteiger partial charge in [-0.1, -0.05) is 42.5 Å². The van der Waals surface area contributed by atoms with Crippen LogP contribution >= 0.6 is 11.8 Å². The highest BCUT2D eigenvalue weighted by molar-refractivity contribution is 8.18. The largest absolute Gasteiger partial charge is 0.300 e. The quantitative estimate of drug-likeness (QED) is 0.671. The highest BCUT2D eigenvalue weighted by Gasteiger charge is 2.24. The molecule has 122 valence electrons. The van der Waals surface area contributed by atoms with Crippen molar-refractivity contribution in [1.82, 2.24) is 5.32 Å².